The molecule has 3 fully saturated rings. The summed E-state index contributed by atoms with van der Waals surface area (Å²) >= 11 is 0. The topological polar surface area (TPSA) is 103 Å². The molecule has 2 aromatic heterocycles. The molecule has 3 aliphatic rings. The SMILES string of the molecule is COc1ccc(CN2CCN(C3CC4(C3)CN(c3ccc(C(=O)O)c(Oc5cnc6[nH]ccc6c5)c3)C4)[C@H](c3ccccc3C(C)C)C2)cc1OC. The number of benzene rings is 3. The molecule has 10 nitrogen and oxygen atoms in total. The largest absolute Gasteiger partial charge is 0.493 e. The van der Waals surface area contributed by atoms with E-state index in [0.717, 1.165) is 67.5 Å². The number of hydrogen-bond donors (Lipinski definition) is 2. The molecule has 0 bridgehead atoms. The fraction of sp³-hybridized carbons (Fsp3) is 0.381. The molecule has 2 aliphatic heterocycles. The van der Waals surface area contributed by atoms with Gasteiger partial charge in [0.05, 0.1) is 20.4 Å². The first-order chi connectivity index (χ1) is 25.2. The Hall–Kier alpha value is -5.06. The van der Waals surface area contributed by atoms with Gasteiger partial charge in [-0.05, 0) is 71.8 Å². The second-order valence-electron chi connectivity index (χ2n) is 15.1. The summed E-state index contributed by atoms with van der Waals surface area (Å²) in [6, 6.07) is 25.3. The molecular weight excluding hydrogens is 654 g/mol. The summed E-state index contributed by atoms with van der Waals surface area (Å²) in [7, 11) is 3.37. The molecule has 1 spiro atoms. The van der Waals surface area contributed by atoms with Crippen LogP contribution in [0.25, 0.3) is 11.0 Å². The van der Waals surface area contributed by atoms with Gasteiger partial charge in [-0.15, -0.1) is 0 Å². The highest BCUT2D eigenvalue weighted by molar-refractivity contribution is 5.92. The Morgan fingerprint density at radius 3 is 2.54 bits per heavy atom. The number of hydrogen-bond acceptors (Lipinski definition) is 8. The van der Waals surface area contributed by atoms with Crippen LogP contribution >= 0.6 is 0 Å². The van der Waals surface area contributed by atoms with E-state index >= 15 is 0 Å². The molecular formula is C42H47N5O5. The van der Waals surface area contributed by atoms with Gasteiger partial charge in [0.25, 0.3) is 0 Å². The number of fused-ring (bicyclic) bond motifs is 1. The lowest BCUT2D eigenvalue weighted by Crippen LogP contribution is -2.68. The van der Waals surface area contributed by atoms with E-state index in [-0.39, 0.29) is 11.0 Å². The van der Waals surface area contributed by atoms with Gasteiger partial charge in [0.1, 0.15) is 22.7 Å². The van der Waals surface area contributed by atoms with Crippen LogP contribution in [0.5, 0.6) is 23.0 Å². The zero-order chi connectivity index (χ0) is 36.0. The molecule has 0 radical (unpaired) electrons. The van der Waals surface area contributed by atoms with E-state index in [0.29, 0.717) is 29.5 Å². The number of H-pyrrole nitrogens is 1. The number of pyridine rings is 1. The summed E-state index contributed by atoms with van der Waals surface area (Å²) in [5.74, 6) is 1.78. The van der Waals surface area contributed by atoms with E-state index in [2.05, 4.69) is 74.9 Å². The van der Waals surface area contributed by atoms with Crippen molar-refractivity contribution in [1.82, 2.24) is 19.8 Å². The number of carbonyl (C=O) groups is 1. The summed E-state index contributed by atoms with van der Waals surface area (Å²) in [6.45, 7) is 10.4. The summed E-state index contributed by atoms with van der Waals surface area (Å²) in [5, 5.41) is 10.8. The maximum atomic E-state index is 12.1. The predicted octanol–water partition coefficient (Wildman–Crippen LogP) is 7.72. The molecule has 2 N–H and O–H groups in total. The molecule has 0 unspecified atom stereocenters. The molecule has 4 heterocycles. The number of aromatic nitrogens is 2. The zero-order valence-corrected chi connectivity index (χ0v) is 30.3. The predicted molar refractivity (Wildman–Crippen MR) is 202 cm³/mol. The van der Waals surface area contributed by atoms with E-state index in [4.69, 9.17) is 14.2 Å². The standard InChI is InChI=1S/C42H47N5O5/c1-27(2)33-7-5-6-8-34(33)36-24-45(23-28-9-12-37(50-3)39(17-28)51-4)15-16-47(36)31-20-42(21-31)25-46(26-42)30-10-11-35(41(48)49)38(19-30)52-32-18-29-13-14-43-40(29)44-22-32/h5-14,17-19,22,27,31,36H,15-16,20-21,23-26H2,1-4H3,(H,43,44)(H,48,49)/t36-/m0/s1. The number of methoxy groups -OCH3 is 2. The number of aromatic carboxylic acids is 1. The summed E-state index contributed by atoms with van der Waals surface area (Å²) in [6.07, 6.45) is 5.77. The summed E-state index contributed by atoms with van der Waals surface area (Å²) < 4.78 is 17.2. The lowest BCUT2D eigenvalue weighted by molar-refractivity contribution is -0.0647. The lowest BCUT2D eigenvalue weighted by atomic mass is 9.59. The number of nitrogens with zero attached hydrogens (tertiary/aromatic N) is 4. The molecule has 5 aromatic rings. The first kappa shape index (κ1) is 34.0. The highest BCUT2D eigenvalue weighted by Crippen LogP contribution is 2.53. The molecule has 0 amide bonds. The Labute approximate surface area is 304 Å². The van der Waals surface area contributed by atoms with Gasteiger partial charge in [-0.2, -0.15) is 0 Å². The van der Waals surface area contributed by atoms with Gasteiger partial charge >= 0.3 is 5.97 Å². The van der Waals surface area contributed by atoms with Crippen molar-refractivity contribution < 1.29 is 24.1 Å². The number of piperazine rings is 1. The number of rotatable bonds is 11. The van der Waals surface area contributed by atoms with Crippen molar-refractivity contribution in [3.8, 4) is 23.0 Å². The smallest absolute Gasteiger partial charge is 0.339 e. The second-order valence-corrected chi connectivity index (χ2v) is 15.1. The number of carboxylic acid groups (broad SMARTS) is 1. The van der Waals surface area contributed by atoms with Gasteiger partial charge in [-0.1, -0.05) is 44.2 Å². The minimum atomic E-state index is -1.02. The minimum absolute atomic E-state index is 0.134. The van der Waals surface area contributed by atoms with Gasteiger partial charge in [-0.3, -0.25) is 9.80 Å². The van der Waals surface area contributed by atoms with Crippen LogP contribution in [0.2, 0.25) is 0 Å². The van der Waals surface area contributed by atoms with Crippen molar-refractivity contribution in [3.63, 3.8) is 0 Å². The van der Waals surface area contributed by atoms with Crippen molar-refractivity contribution in [1.29, 1.82) is 0 Å². The fourth-order valence-electron chi connectivity index (χ4n) is 8.74. The maximum Gasteiger partial charge on any atom is 0.339 e. The number of nitrogens with one attached hydrogen (secondary N) is 1. The molecule has 1 aliphatic carbocycles. The number of aromatic amines is 1. The fourth-order valence-corrected chi connectivity index (χ4v) is 8.74. The Morgan fingerprint density at radius 1 is 0.962 bits per heavy atom. The third kappa shape index (κ3) is 6.45. The van der Waals surface area contributed by atoms with Crippen molar-refractivity contribution in [2.75, 3.05) is 51.8 Å². The third-order valence-corrected chi connectivity index (χ3v) is 11.4. The molecule has 1 saturated carbocycles. The van der Waals surface area contributed by atoms with Crippen molar-refractivity contribution in [2.45, 2.75) is 51.2 Å². The molecule has 52 heavy (non-hydrogen) atoms. The average Bonchev–Trinajstić information content (AvgIpc) is 3.59. The Morgan fingerprint density at radius 2 is 1.77 bits per heavy atom. The van der Waals surface area contributed by atoms with Gasteiger partial charge in [0, 0.05) is 80.1 Å². The lowest BCUT2D eigenvalue weighted by Gasteiger charge is -2.63. The number of carboxylic acids is 1. The molecule has 1 atom stereocenters. The van der Waals surface area contributed by atoms with Crippen LogP contribution < -0.4 is 19.1 Å². The molecule has 3 aromatic carbocycles. The van der Waals surface area contributed by atoms with Crippen LogP contribution in [-0.4, -0.2) is 83.8 Å². The van der Waals surface area contributed by atoms with Crippen LogP contribution in [0.4, 0.5) is 5.69 Å². The highest BCUT2D eigenvalue weighted by atomic mass is 16.5. The molecule has 2 saturated heterocycles. The van der Waals surface area contributed by atoms with Crippen molar-refractivity contribution in [2.24, 2.45) is 5.41 Å². The molecule has 10 heteroatoms. The zero-order valence-electron chi connectivity index (χ0n) is 30.3. The molecule has 270 valence electrons. The second kappa shape index (κ2) is 13.8. The summed E-state index contributed by atoms with van der Waals surface area (Å²) in [4.78, 5) is 27.3. The number of ether oxygens (including phenoxy) is 3. The number of anilines is 1. The van der Waals surface area contributed by atoms with Crippen LogP contribution in [0, 0.1) is 5.41 Å². The Kier molecular flexibility index (Phi) is 9.05. The maximum absolute atomic E-state index is 12.1. The van der Waals surface area contributed by atoms with E-state index in [1.807, 2.05) is 36.5 Å². The van der Waals surface area contributed by atoms with Gasteiger partial charge in [0.2, 0.25) is 0 Å². The normalized spacial score (nSPS) is 19.1. The van der Waals surface area contributed by atoms with Crippen LogP contribution in [-0.2, 0) is 6.54 Å². The average molecular weight is 702 g/mol. The van der Waals surface area contributed by atoms with E-state index in [1.165, 1.54) is 29.5 Å². The Balaban J connectivity index is 0.963. The first-order valence-corrected chi connectivity index (χ1v) is 18.2. The van der Waals surface area contributed by atoms with Crippen molar-refractivity contribution >= 4 is 22.7 Å². The van der Waals surface area contributed by atoms with Crippen LogP contribution in [0.3, 0.4) is 0 Å². The quantitative estimate of drug-likeness (QED) is 0.143. The monoisotopic (exact) mass is 701 g/mol. The first-order valence-electron chi connectivity index (χ1n) is 18.2. The third-order valence-electron chi connectivity index (χ3n) is 11.4. The van der Waals surface area contributed by atoms with E-state index < -0.39 is 5.97 Å². The highest BCUT2D eigenvalue weighted by Gasteiger charge is 2.55. The van der Waals surface area contributed by atoms with E-state index in [1.54, 1.807) is 26.5 Å². The van der Waals surface area contributed by atoms with E-state index in [9.17, 15) is 9.90 Å². The van der Waals surface area contributed by atoms with Gasteiger partial charge < -0.3 is 29.2 Å². The van der Waals surface area contributed by atoms with Gasteiger partial charge in [-0.25, -0.2) is 9.78 Å². The summed E-state index contributed by atoms with van der Waals surface area (Å²) in [5.41, 5.74) is 6.26. The van der Waals surface area contributed by atoms with Crippen LogP contribution in [0.1, 0.15) is 65.7 Å². The molecule has 8 rings (SSSR count). The van der Waals surface area contributed by atoms with Gasteiger partial charge in [0.15, 0.2) is 11.5 Å². The Bertz CT molecular complexity index is 2080. The minimum Gasteiger partial charge on any atom is -0.493 e. The van der Waals surface area contributed by atoms with Crippen molar-refractivity contribution in [3.05, 3.63) is 107 Å². The van der Waals surface area contributed by atoms with Crippen LogP contribution in [0.15, 0.2) is 85.2 Å².